The molecule has 1 N–H and O–H groups in total. The van der Waals surface area contributed by atoms with Crippen LogP contribution in [0.3, 0.4) is 0 Å². The number of thioether (sulfide) groups is 1. The molecule has 0 radical (unpaired) electrons. The molecule has 2 aromatic carbocycles. The minimum atomic E-state index is -0.611. The highest BCUT2D eigenvalue weighted by molar-refractivity contribution is 8.00. The van der Waals surface area contributed by atoms with Crippen LogP contribution in [0.1, 0.15) is 23.7 Å². The molecule has 1 aliphatic carbocycles. The van der Waals surface area contributed by atoms with Crippen LogP contribution in [-0.2, 0) is 4.79 Å². The maximum atomic E-state index is 13.4. The van der Waals surface area contributed by atoms with Gasteiger partial charge in [-0.25, -0.2) is 4.39 Å². The third-order valence-electron chi connectivity index (χ3n) is 4.31. The predicted octanol–water partition coefficient (Wildman–Crippen LogP) is 2.92. The Balaban J connectivity index is 1.66. The summed E-state index contributed by atoms with van der Waals surface area (Å²) in [4.78, 5) is 12.8. The van der Waals surface area contributed by atoms with Crippen LogP contribution in [0.15, 0.2) is 53.7 Å². The molecule has 4 rings (SSSR count). The fourth-order valence-electron chi connectivity index (χ4n) is 2.73. The van der Waals surface area contributed by atoms with Gasteiger partial charge in [0.05, 0.1) is 7.11 Å². The lowest BCUT2D eigenvalue weighted by Gasteiger charge is -2.17. The smallest absolute Gasteiger partial charge is 0.238 e. The Morgan fingerprint density at radius 1 is 1.25 bits per heavy atom. The Hall–Kier alpha value is -2.94. The molecule has 144 valence electrons. The van der Waals surface area contributed by atoms with Crippen LogP contribution < -0.4 is 10.1 Å². The molecule has 0 spiro atoms. The summed E-state index contributed by atoms with van der Waals surface area (Å²) >= 11 is 1.21. The van der Waals surface area contributed by atoms with E-state index in [1.54, 1.807) is 19.2 Å². The predicted molar refractivity (Wildman–Crippen MR) is 102 cm³/mol. The molecular formula is C19H18FN5O2S. The summed E-state index contributed by atoms with van der Waals surface area (Å²) in [5, 5.41) is 14.7. The number of carbonyl (C=O) groups is 1. The molecule has 1 fully saturated rings. The summed E-state index contributed by atoms with van der Waals surface area (Å²) in [5.41, 5.74) is 1.34. The number of aromatic nitrogens is 4. The highest BCUT2D eigenvalue weighted by Crippen LogP contribution is 2.37. The topological polar surface area (TPSA) is 81.9 Å². The molecule has 1 unspecified atom stereocenters. The van der Waals surface area contributed by atoms with Crippen molar-refractivity contribution >= 4 is 17.7 Å². The van der Waals surface area contributed by atoms with Gasteiger partial charge >= 0.3 is 0 Å². The van der Waals surface area contributed by atoms with Gasteiger partial charge in [-0.15, -0.1) is 5.10 Å². The van der Waals surface area contributed by atoms with Gasteiger partial charge in [0, 0.05) is 6.04 Å². The van der Waals surface area contributed by atoms with Crippen molar-refractivity contribution in [1.29, 1.82) is 0 Å². The molecule has 1 aromatic heterocycles. The molecule has 0 bridgehead atoms. The van der Waals surface area contributed by atoms with Gasteiger partial charge in [-0.2, -0.15) is 4.68 Å². The normalized spacial score (nSPS) is 14.5. The van der Waals surface area contributed by atoms with Crippen molar-refractivity contribution in [1.82, 2.24) is 25.5 Å². The number of methoxy groups -OCH3 is 1. The number of hydrogen-bond acceptors (Lipinski definition) is 6. The zero-order valence-electron chi connectivity index (χ0n) is 15.1. The van der Waals surface area contributed by atoms with Crippen LogP contribution in [0.25, 0.3) is 5.69 Å². The quantitative estimate of drug-likeness (QED) is 0.615. The van der Waals surface area contributed by atoms with Gasteiger partial charge in [-0.1, -0.05) is 36.0 Å². The number of tetrazole rings is 1. The first-order valence-corrected chi connectivity index (χ1v) is 9.68. The Morgan fingerprint density at radius 3 is 2.71 bits per heavy atom. The number of halogens is 1. The van der Waals surface area contributed by atoms with Crippen LogP contribution >= 0.6 is 11.8 Å². The minimum Gasteiger partial charge on any atom is -0.494 e. The molecule has 1 heterocycles. The maximum Gasteiger partial charge on any atom is 0.238 e. The summed E-state index contributed by atoms with van der Waals surface area (Å²) in [5.74, 6) is 0.111. The van der Waals surface area contributed by atoms with E-state index in [0.717, 1.165) is 12.8 Å². The fourth-order valence-corrected chi connectivity index (χ4v) is 3.73. The van der Waals surface area contributed by atoms with Gasteiger partial charge in [-0.05, 0) is 53.1 Å². The van der Waals surface area contributed by atoms with Gasteiger partial charge < -0.3 is 10.1 Å². The van der Waals surface area contributed by atoms with Crippen molar-refractivity contribution in [3.63, 3.8) is 0 Å². The monoisotopic (exact) mass is 399 g/mol. The van der Waals surface area contributed by atoms with Crippen molar-refractivity contribution in [2.45, 2.75) is 29.3 Å². The van der Waals surface area contributed by atoms with Crippen molar-refractivity contribution in [3.05, 3.63) is 59.9 Å². The molecule has 7 nitrogen and oxygen atoms in total. The Bertz CT molecular complexity index is 974. The minimum absolute atomic E-state index is 0.145. The van der Waals surface area contributed by atoms with Crippen LogP contribution in [0.5, 0.6) is 5.75 Å². The number of benzene rings is 2. The fraction of sp³-hybridized carbons (Fsp3) is 0.263. The maximum absolute atomic E-state index is 13.4. The molecule has 28 heavy (non-hydrogen) atoms. The summed E-state index contributed by atoms with van der Waals surface area (Å²) in [7, 11) is 1.57. The zero-order chi connectivity index (χ0) is 19.5. The third-order valence-corrected chi connectivity index (χ3v) is 5.50. The Kier molecular flexibility index (Phi) is 5.25. The van der Waals surface area contributed by atoms with Gasteiger partial charge in [0.15, 0.2) is 0 Å². The number of amides is 1. The molecule has 1 amide bonds. The van der Waals surface area contributed by atoms with E-state index in [-0.39, 0.29) is 17.8 Å². The van der Waals surface area contributed by atoms with E-state index in [0.29, 0.717) is 22.2 Å². The average Bonchev–Trinajstić information content (AvgIpc) is 3.41. The first kappa shape index (κ1) is 18.4. The van der Waals surface area contributed by atoms with Crippen LogP contribution in [0.2, 0.25) is 0 Å². The van der Waals surface area contributed by atoms with Crippen molar-refractivity contribution in [2.24, 2.45) is 0 Å². The van der Waals surface area contributed by atoms with Crippen LogP contribution in [0, 0.1) is 5.82 Å². The van der Waals surface area contributed by atoms with Gasteiger partial charge in [0.2, 0.25) is 11.1 Å². The molecular weight excluding hydrogens is 381 g/mol. The van der Waals surface area contributed by atoms with E-state index >= 15 is 0 Å². The number of carbonyl (C=O) groups excluding carboxylic acids is 1. The summed E-state index contributed by atoms with van der Waals surface area (Å²) in [6.45, 7) is 0. The lowest BCUT2D eigenvalue weighted by molar-refractivity contribution is -0.120. The second-order valence-corrected chi connectivity index (χ2v) is 7.45. The van der Waals surface area contributed by atoms with Crippen LogP contribution in [0.4, 0.5) is 4.39 Å². The molecule has 0 aliphatic heterocycles. The number of para-hydroxylation sites is 2. The third kappa shape index (κ3) is 3.99. The summed E-state index contributed by atoms with van der Waals surface area (Å²) in [6, 6.07) is 13.5. The van der Waals surface area contributed by atoms with E-state index in [1.807, 2.05) is 24.3 Å². The van der Waals surface area contributed by atoms with E-state index < -0.39 is 5.25 Å². The number of rotatable bonds is 7. The van der Waals surface area contributed by atoms with E-state index in [1.165, 1.54) is 28.6 Å². The molecule has 1 saturated carbocycles. The number of ether oxygens (including phenoxy) is 1. The zero-order valence-corrected chi connectivity index (χ0v) is 15.9. The van der Waals surface area contributed by atoms with E-state index in [9.17, 15) is 9.18 Å². The lowest BCUT2D eigenvalue weighted by Crippen LogP contribution is -2.30. The van der Waals surface area contributed by atoms with Crippen molar-refractivity contribution in [3.8, 4) is 11.4 Å². The second-order valence-electron chi connectivity index (χ2n) is 6.38. The second kappa shape index (κ2) is 7.97. The Labute approximate surface area is 165 Å². The standard InChI is InChI=1S/C19H18FN5O2S/c1-27-16-5-3-2-4-15(16)25-19(22-23-24-25)28-17(18(26)21-14-10-11-14)12-6-8-13(20)9-7-12/h2-9,14,17H,10-11H2,1H3,(H,21,26). The van der Waals surface area contributed by atoms with E-state index in [4.69, 9.17) is 4.74 Å². The lowest BCUT2D eigenvalue weighted by atomic mass is 10.1. The first-order chi connectivity index (χ1) is 13.7. The van der Waals surface area contributed by atoms with Gasteiger partial charge in [0.1, 0.15) is 22.5 Å². The van der Waals surface area contributed by atoms with Gasteiger partial charge in [-0.3, -0.25) is 4.79 Å². The number of hydrogen-bond donors (Lipinski definition) is 1. The van der Waals surface area contributed by atoms with Gasteiger partial charge in [0.25, 0.3) is 0 Å². The van der Waals surface area contributed by atoms with Crippen molar-refractivity contribution < 1.29 is 13.9 Å². The summed E-state index contributed by atoms with van der Waals surface area (Å²) in [6.07, 6.45) is 1.96. The highest BCUT2D eigenvalue weighted by atomic mass is 32.2. The van der Waals surface area contributed by atoms with Crippen LogP contribution in [-0.4, -0.2) is 39.3 Å². The van der Waals surface area contributed by atoms with Crippen molar-refractivity contribution in [2.75, 3.05) is 7.11 Å². The first-order valence-electron chi connectivity index (χ1n) is 8.80. The number of nitrogens with one attached hydrogen (secondary N) is 1. The number of nitrogens with zero attached hydrogens (tertiary/aromatic N) is 4. The SMILES string of the molecule is COc1ccccc1-n1nnnc1SC(C(=O)NC1CC1)c1ccc(F)cc1. The molecule has 9 heteroatoms. The average molecular weight is 399 g/mol. The molecule has 0 saturated heterocycles. The Morgan fingerprint density at radius 2 is 2.00 bits per heavy atom. The molecule has 3 aromatic rings. The largest absolute Gasteiger partial charge is 0.494 e. The summed E-state index contributed by atoms with van der Waals surface area (Å²) < 4.78 is 20.3. The highest BCUT2D eigenvalue weighted by Gasteiger charge is 2.31. The molecule has 1 aliphatic rings. The van der Waals surface area contributed by atoms with E-state index in [2.05, 4.69) is 20.8 Å². The molecule has 1 atom stereocenters.